The predicted octanol–water partition coefficient (Wildman–Crippen LogP) is 1.93. The van der Waals surface area contributed by atoms with Crippen LogP contribution >= 0.6 is 0 Å². The molecule has 25 heavy (non-hydrogen) atoms. The fraction of sp³-hybridized carbons (Fsp3) is 0.316. The molecular formula is C19H21N5O. The van der Waals surface area contributed by atoms with Crippen LogP contribution in [-0.4, -0.2) is 51.6 Å². The number of fused-ring (bicyclic) bond motifs is 1. The highest BCUT2D eigenvalue weighted by atomic mass is 16.2. The first-order valence-electron chi connectivity index (χ1n) is 8.47. The number of imidazole rings is 1. The van der Waals surface area contributed by atoms with Crippen LogP contribution in [0, 0.1) is 6.92 Å². The number of likely N-dealkylation sites (N-methyl/N-ethyl adjacent to an activating group) is 1. The van der Waals surface area contributed by atoms with Gasteiger partial charge >= 0.3 is 0 Å². The first kappa shape index (κ1) is 15.6. The zero-order chi connectivity index (χ0) is 17.4. The number of carbonyl (C=O) groups is 1. The molecule has 6 nitrogen and oxygen atoms in total. The highest BCUT2D eigenvalue weighted by molar-refractivity contribution is 5.79. The van der Waals surface area contributed by atoms with E-state index in [4.69, 9.17) is 0 Å². The lowest BCUT2D eigenvalue weighted by molar-refractivity contribution is -0.131. The first-order valence-corrected chi connectivity index (χ1v) is 8.47. The van der Waals surface area contributed by atoms with Gasteiger partial charge in [-0.15, -0.1) is 5.10 Å². The van der Waals surface area contributed by atoms with Gasteiger partial charge in [0.2, 0.25) is 5.91 Å². The third-order valence-electron chi connectivity index (χ3n) is 4.97. The van der Waals surface area contributed by atoms with Crippen molar-refractivity contribution < 1.29 is 4.79 Å². The van der Waals surface area contributed by atoms with Gasteiger partial charge in [0, 0.05) is 32.5 Å². The highest BCUT2D eigenvalue weighted by Crippen LogP contribution is 2.22. The molecular weight excluding hydrogens is 314 g/mol. The minimum absolute atomic E-state index is 0.164. The Bertz CT molecular complexity index is 913. The Labute approximate surface area is 146 Å². The Morgan fingerprint density at radius 3 is 2.84 bits per heavy atom. The van der Waals surface area contributed by atoms with Gasteiger partial charge in [0.1, 0.15) is 5.82 Å². The summed E-state index contributed by atoms with van der Waals surface area (Å²) in [4.78, 5) is 20.8. The molecule has 3 aromatic rings. The van der Waals surface area contributed by atoms with Gasteiger partial charge in [0.15, 0.2) is 5.65 Å². The molecule has 0 bridgehead atoms. The van der Waals surface area contributed by atoms with E-state index in [1.807, 2.05) is 61.5 Å². The van der Waals surface area contributed by atoms with Crippen molar-refractivity contribution in [3.05, 3.63) is 59.9 Å². The highest BCUT2D eigenvalue weighted by Gasteiger charge is 2.33. The number of aryl methyl sites for hydroxylation is 1. The van der Waals surface area contributed by atoms with Crippen LogP contribution in [0.1, 0.15) is 11.1 Å². The second-order valence-electron chi connectivity index (χ2n) is 6.59. The molecule has 0 radical (unpaired) electrons. The van der Waals surface area contributed by atoms with Crippen LogP contribution < -0.4 is 4.90 Å². The van der Waals surface area contributed by atoms with E-state index in [0.717, 1.165) is 35.7 Å². The number of carbonyl (C=O) groups excluding carboxylic acids is 1. The summed E-state index contributed by atoms with van der Waals surface area (Å²) in [5, 5.41) is 4.55. The molecule has 1 aromatic carbocycles. The quantitative estimate of drug-likeness (QED) is 0.731. The average Bonchev–Trinajstić information content (AvgIpc) is 3.03. The fourth-order valence-electron chi connectivity index (χ4n) is 3.16. The second-order valence-corrected chi connectivity index (χ2v) is 6.59. The standard InChI is InChI=1S/C19H21N5O/c1-14-5-3-4-6-15(14)11-19(25)22(2)16-12-23(13-16)18-8-7-17-20-9-10-24(17)21-18/h3-10,16H,11-13H2,1-2H3. The molecule has 3 heterocycles. The monoisotopic (exact) mass is 335 g/mol. The van der Waals surface area contributed by atoms with E-state index in [1.165, 1.54) is 0 Å². The minimum atomic E-state index is 0.164. The van der Waals surface area contributed by atoms with Crippen molar-refractivity contribution in [2.45, 2.75) is 19.4 Å². The summed E-state index contributed by atoms with van der Waals surface area (Å²) in [7, 11) is 1.90. The van der Waals surface area contributed by atoms with Crippen LogP contribution in [0.2, 0.25) is 0 Å². The molecule has 4 rings (SSSR count). The summed E-state index contributed by atoms with van der Waals surface area (Å²) in [6.07, 6.45) is 4.04. The van der Waals surface area contributed by atoms with Crippen molar-refractivity contribution >= 4 is 17.4 Å². The van der Waals surface area contributed by atoms with Crippen LogP contribution in [0.4, 0.5) is 5.82 Å². The van der Waals surface area contributed by atoms with Crippen molar-refractivity contribution in [2.24, 2.45) is 0 Å². The number of amides is 1. The van der Waals surface area contributed by atoms with Gasteiger partial charge in [0.05, 0.1) is 12.5 Å². The number of benzene rings is 1. The molecule has 0 aliphatic carbocycles. The third kappa shape index (κ3) is 2.95. The molecule has 1 saturated heterocycles. The van der Waals surface area contributed by atoms with Crippen molar-refractivity contribution in [3.63, 3.8) is 0 Å². The van der Waals surface area contributed by atoms with E-state index < -0.39 is 0 Å². The molecule has 128 valence electrons. The maximum absolute atomic E-state index is 12.6. The summed E-state index contributed by atoms with van der Waals surface area (Å²) < 4.78 is 1.77. The zero-order valence-corrected chi connectivity index (χ0v) is 14.5. The van der Waals surface area contributed by atoms with Gasteiger partial charge in [-0.2, -0.15) is 0 Å². The number of nitrogens with zero attached hydrogens (tertiary/aromatic N) is 5. The van der Waals surface area contributed by atoms with E-state index in [1.54, 1.807) is 10.7 Å². The fourth-order valence-corrected chi connectivity index (χ4v) is 3.16. The number of hydrogen-bond acceptors (Lipinski definition) is 4. The van der Waals surface area contributed by atoms with Gasteiger partial charge in [-0.1, -0.05) is 24.3 Å². The SMILES string of the molecule is Cc1ccccc1CC(=O)N(C)C1CN(c2ccc3nccn3n2)C1. The lowest BCUT2D eigenvalue weighted by atomic mass is 10.0. The van der Waals surface area contributed by atoms with E-state index in [-0.39, 0.29) is 11.9 Å². The number of anilines is 1. The Balaban J connectivity index is 1.37. The number of rotatable bonds is 4. The summed E-state index contributed by atoms with van der Waals surface area (Å²) >= 11 is 0. The van der Waals surface area contributed by atoms with Gasteiger partial charge in [-0.05, 0) is 30.2 Å². The van der Waals surface area contributed by atoms with Crippen molar-refractivity contribution in [2.75, 3.05) is 25.0 Å². The number of aromatic nitrogens is 3. The van der Waals surface area contributed by atoms with Crippen LogP contribution in [0.3, 0.4) is 0 Å². The van der Waals surface area contributed by atoms with E-state index in [9.17, 15) is 4.79 Å². The topological polar surface area (TPSA) is 53.7 Å². The lowest BCUT2D eigenvalue weighted by Gasteiger charge is -2.44. The largest absolute Gasteiger partial charge is 0.351 e. The van der Waals surface area contributed by atoms with Crippen molar-refractivity contribution in [1.29, 1.82) is 0 Å². The van der Waals surface area contributed by atoms with Crippen LogP contribution in [0.15, 0.2) is 48.8 Å². The smallest absolute Gasteiger partial charge is 0.227 e. The molecule has 0 unspecified atom stereocenters. The molecule has 1 fully saturated rings. The Kier molecular flexibility index (Phi) is 3.87. The van der Waals surface area contributed by atoms with Gasteiger partial charge in [-0.25, -0.2) is 9.50 Å². The maximum Gasteiger partial charge on any atom is 0.227 e. The van der Waals surface area contributed by atoms with Crippen LogP contribution in [0.5, 0.6) is 0 Å². The Morgan fingerprint density at radius 1 is 1.24 bits per heavy atom. The first-order chi connectivity index (χ1) is 12.1. The lowest BCUT2D eigenvalue weighted by Crippen LogP contribution is -2.60. The molecule has 2 aromatic heterocycles. The third-order valence-corrected chi connectivity index (χ3v) is 4.97. The normalized spacial score (nSPS) is 14.6. The molecule has 0 saturated carbocycles. The van der Waals surface area contributed by atoms with Crippen molar-refractivity contribution in [1.82, 2.24) is 19.5 Å². The van der Waals surface area contributed by atoms with Crippen molar-refractivity contribution in [3.8, 4) is 0 Å². The second kappa shape index (κ2) is 6.20. The molecule has 1 aliphatic heterocycles. The predicted molar refractivity (Wildman–Crippen MR) is 96.6 cm³/mol. The maximum atomic E-state index is 12.6. The van der Waals surface area contributed by atoms with E-state index in [0.29, 0.717) is 6.42 Å². The van der Waals surface area contributed by atoms with E-state index in [2.05, 4.69) is 15.0 Å². The Hall–Kier alpha value is -2.89. The summed E-state index contributed by atoms with van der Waals surface area (Å²) in [5.41, 5.74) is 3.10. The van der Waals surface area contributed by atoms with E-state index >= 15 is 0 Å². The minimum Gasteiger partial charge on any atom is -0.351 e. The van der Waals surface area contributed by atoms with Gasteiger partial charge in [-0.3, -0.25) is 4.79 Å². The van der Waals surface area contributed by atoms with Gasteiger partial charge in [0.25, 0.3) is 0 Å². The van der Waals surface area contributed by atoms with Gasteiger partial charge < -0.3 is 9.80 Å². The number of hydrogen-bond donors (Lipinski definition) is 0. The van der Waals surface area contributed by atoms with Crippen LogP contribution in [0.25, 0.3) is 5.65 Å². The molecule has 1 amide bonds. The molecule has 0 spiro atoms. The molecule has 0 N–H and O–H groups in total. The molecule has 6 heteroatoms. The van der Waals surface area contributed by atoms with Crippen LogP contribution in [-0.2, 0) is 11.2 Å². The summed E-state index contributed by atoms with van der Waals surface area (Å²) in [6, 6.07) is 12.2. The average molecular weight is 335 g/mol. The summed E-state index contributed by atoms with van der Waals surface area (Å²) in [6.45, 7) is 3.66. The zero-order valence-electron chi connectivity index (χ0n) is 14.5. The molecule has 0 atom stereocenters. The molecule has 1 aliphatic rings. The summed E-state index contributed by atoms with van der Waals surface area (Å²) in [5.74, 6) is 1.08. The Morgan fingerprint density at radius 2 is 2.04 bits per heavy atom.